The number of benzene rings is 1. The standard InChI is InChI=1S/C14H21N3O2/c1-10-9-11(14(15)16-18)3-4-13(10)17(2)12-5-7-19-8-6-12/h3-4,9,12,18H,5-8H2,1-2H3,(H2,15,16). The number of rotatable bonds is 3. The van der Waals surface area contributed by atoms with E-state index in [1.807, 2.05) is 25.1 Å². The summed E-state index contributed by atoms with van der Waals surface area (Å²) < 4.78 is 5.39. The Bertz CT molecular complexity index is 468. The van der Waals surface area contributed by atoms with Crippen molar-refractivity contribution in [2.45, 2.75) is 25.8 Å². The highest BCUT2D eigenvalue weighted by Gasteiger charge is 2.20. The molecule has 0 bridgehead atoms. The van der Waals surface area contributed by atoms with Gasteiger partial charge in [-0.05, 0) is 43.5 Å². The number of ether oxygens (including phenoxy) is 1. The Kier molecular flexibility index (Phi) is 4.27. The minimum absolute atomic E-state index is 0.142. The quantitative estimate of drug-likeness (QED) is 0.377. The largest absolute Gasteiger partial charge is 0.409 e. The fourth-order valence-corrected chi connectivity index (χ4v) is 2.54. The Labute approximate surface area is 113 Å². The zero-order valence-electron chi connectivity index (χ0n) is 11.5. The highest BCUT2D eigenvalue weighted by molar-refractivity contribution is 5.97. The van der Waals surface area contributed by atoms with Crippen molar-refractivity contribution in [1.82, 2.24) is 0 Å². The monoisotopic (exact) mass is 263 g/mol. The molecule has 1 aliphatic rings. The van der Waals surface area contributed by atoms with Crippen LogP contribution in [0, 0.1) is 6.92 Å². The molecule has 104 valence electrons. The zero-order chi connectivity index (χ0) is 13.8. The van der Waals surface area contributed by atoms with Gasteiger partial charge in [-0.15, -0.1) is 0 Å². The number of anilines is 1. The summed E-state index contributed by atoms with van der Waals surface area (Å²) >= 11 is 0. The van der Waals surface area contributed by atoms with Gasteiger partial charge in [0.1, 0.15) is 0 Å². The van der Waals surface area contributed by atoms with Crippen LogP contribution in [0.3, 0.4) is 0 Å². The van der Waals surface area contributed by atoms with Crippen molar-refractivity contribution in [3.8, 4) is 0 Å². The minimum Gasteiger partial charge on any atom is -0.409 e. The van der Waals surface area contributed by atoms with Crippen LogP contribution in [-0.2, 0) is 4.74 Å². The van der Waals surface area contributed by atoms with Gasteiger partial charge < -0.3 is 20.6 Å². The number of hydrogen-bond donors (Lipinski definition) is 2. The van der Waals surface area contributed by atoms with Crippen LogP contribution in [0.15, 0.2) is 23.4 Å². The third-order valence-corrected chi connectivity index (χ3v) is 3.72. The predicted molar refractivity (Wildman–Crippen MR) is 75.9 cm³/mol. The topological polar surface area (TPSA) is 71.1 Å². The smallest absolute Gasteiger partial charge is 0.170 e. The lowest BCUT2D eigenvalue weighted by atomic mass is 10.0. The van der Waals surface area contributed by atoms with Gasteiger partial charge in [0.25, 0.3) is 0 Å². The molecule has 0 aliphatic carbocycles. The minimum atomic E-state index is 0.142. The third kappa shape index (κ3) is 2.98. The molecule has 0 radical (unpaired) electrons. The summed E-state index contributed by atoms with van der Waals surface area (Å²) in [7, 11) is 2.11. The Morgan fingerprint density at radius 3 is 2.68 bits per heavy atom. The molecule has 0 saturated carbocycles. The van der Waals surface area contributed by atoms with E-state index in [-0.39, 0.29) is 5.84 Å². The van der Waals surface area contributed by atoms with Crippen molar-refractivity contribution in [2.75, 3.05) is 25.2 Å². The molecule has 19 heavy (non-hydrogen) atoms. The van der Waals surface area contributed by atoms with Crippen LogP contribution in [-0.4, -0.2) is 37.3 Å². The van der Waals surface area contributed by atoms with Crippen molar-refractivity contribution in [3.63, 3.8) is 0 Å². The summed E-state index contributed by atoms with van der Waals surface area (Å²) in [4.78, 5) is 2.30. The summed E-state index contributed by atoms with van der Waals surface area (Å²) in [6.07, 6.45) is 2.11. The van der Waals surface area contributed by atoms with E-state index < -0.39 is 0 Å². The molecule has 0 aromatic heterocycles. The first-order valence-electron chi connectivity index (χ1n) is 6.52. The van der Waals surface area contributed by atoms with Gasteiger partial charge in [0, 0.05) is 37.6 Å². The van der Waals surface area contributed by atoms with Crippen molar-refractivity contribution >= 4 is 11.5 Å². The van der Waals surface area contributed by atoms with Crippen LogP contribution < -0.4 is 10.6 Å². The molecule has 0 atom stereocenters. The van der Waals surface area contributed by atoms with Gasteiger partial charge in [0.15, 0.2) is 5.84 Å². The lowest BCUT2D eigenvalue weighted by molar-refractivity contribution is 0.0854. The average Bonchev–Trinajstić information content (AvgIpc) is 2.46. The molecular weight excluding hydrogens is 242 g/mol. The summed E-state index contributed by atoms with van der Waals surface area (Å²) in [6.45, 7) is 3.70. The molecule has 0 unspecified atom stereocenters. The first-order chi connectivity index (χ1) is 9.13. The van der Waals surface area contributed by atoms with E-state index in [4.69, 9.17) is 15.7 Å². The highest BCUT2D eigenvalue weighted by atomic mass is 16.5. The van der Waals surface area contributed by atoms with Crippen molar-refractivity contribution < 1.29 is 9.94 Å². The predicted octanol–water partition coefficient (Wildman–Crippen LogP) is 1.70. The molecule has 0 spiro atoms. The summed E-state index contributed by atoms with van der Waals surface area (Å²) in [5, 5.41) is 11.7. The maximum Gasteiger partial charge on any atom is 0.170 e. The van der Waals surface area contributed by atoms with Crippen molar-refractivity contribution in [1.29, 1.82) is 0 Å². The van der Waals surface area contributed by atoms with Gasteiger partial charge in [-0.3, -0.25) is 0 Å². The molecule has 1 aliphatic heterocycles. The van der Waals surface area contributed by atoms with Gasteiger partial charge in [-0.2, -0.15) is 0 Å². The maximum atomic E-state index is 8.70. The van der Waals surface area contributed by atoms with Crippen LogP contribution in [0.25, 0.3) is 0 Å². The second-order valence-electron chi connectivity index (χ2n) is 4.94. The average molecular weight is 263 g/mol. The summed E-state index contributed by atoms with van der Waals surface area (Å²) in [5.41, 5.74) is 8.65. The third-order valence-electron chi connectivity index (χ3n) is 3.72. The van der Waals surface area contributed by atoms with Gasteiger partial charge in [-0.25, -0.2) is 0 Å². The molecule has 1 heterocycles. The van der Waals surface area contributed by atoms with Crippen molar-refractivity contribution in [2.24, 2.45) is 10.9 Å². The molecule has 1 fully saturated rings. The first kappa shape index (κ1) is 13.7. The number of hydrogen-bond acceptors (Lipinski definition) is 4. The van der Waals surface area contributed by atoms with E-state index in [0.29, 0.717) is 6.04 Å². The van der Waals surface area contributed by atoms with Gasteiger partial charge >= 0.3 is 0 Å². The fraction of sp³-hybridized carbons (Fsp3) is 0.500. The molecular formula is C14H21N3O2. The van der Waals surface area contributed by atoms with Gasteiger partial charge in [0.2, 0.25) is 0 Å². The second kappa shape index (κ2) is 5.93. The molecule has 1 aromatic rings. The molecule has 1 saturated heterocycles. The zero-order valence-corrected chi connectivity index (χ0v) is 11.5. The summed E-state index contributed by atoms with van der Waals surface area (Å²) in [5.74, 6) is 0.142. The van der Waals surface area contributed by atoms with Crippen LogP contribution >= 0.6 is 0 Å². The van der Waals surface area contributed by atoms with Crippen molar-refractivity contribution in [3.05, 3.63) is 29.3 Å². The number of nitrogens with two attached hydrogens (primary N) is 1. The van der Waals surface area contributed by atoms with Crippen LogP contribution in [0.2, 0.25) is 0 Å². The lowest BCUT2D eigenvalue weighted by Crippen LogP contribution is -2.37. The number of aryl methyl sites for hydroxylation is 1. The Hall–Kier alpha value is -1.75. The van der Waals surface area contributed by atoms with E-state index in [9.17, 15) is 0 Å². The van der Waals surface area contributed by atoms with Gasteiger partial charge in [-0.1, -0.05) is 5.16 Å². The highest BCUT2D eigenvalue weighted by Crippen LogP contribution is 2.25. The van der Waals surface area contributed by atoms with Crippen LogP contribution in [0.5, 0.6) is 0 Å². The molecule has 5 heteroatoms. The maximum absolute atomic E-state index is 8.70. The second-order valence-corrected chi connectivity index (χ2v) is 4.94. The normalized spacial score (nSPS) is 17.5. The molecule has 1 aromatic carbocycles. The fourth-order valence-electron chi connectivity index (χ4n) is 2.54. The number of amidine groups is 1. The SMILES string of the molecule is Cc1cc(/C(N)=N/O)ccc1N(C)C1CCOCC1. The molecule has 2 rings (SSSR count). The van der Waals surface area contributed by atoms with E-state index >= 15 is 0 Å². The first-order valence-corrected chi connectivity index (χ1v) is 6.52. The Morgan fingerprint density at radius 2 is 2.11 bits per heavy atom. The van der Waals surface area contributed by atoms with E-state index in [1.54, 1.807) is 0 Å². The number of oxime groups is 1. The van der Waals surface area contributed by atoms with Crippen LogP contribution in [0.1, 0.15) is 24.0 Å². The van der Waals surface area contributed by atoms with E-state index in [1.165, 1.54) is 5.69 Å². The molecule has 0 amide bonds. The Morgan fingerprint density at radius 1 is 1.42 bits per heavy atom. The van der Waals surface area contributed by atoms with Crippen LogP contribution in [0.4, 0.5) is 5.69 Å². The lowest BCUT2D eigenvalue weighted by Gasteiger charge is -2.34. The van der Waals surface area contributed by atoms with E-state index in [0.717, 1.165) is 37.2 Å². The number of nitrogens with zero attached hydrogens (tertiary/aromatic N) is 2. The van der Waals surface area contributed by atoms with E-state index in [2.05, 4.69) is 17.1 Å². The van der Waals surface area contributed by atoms with Gasteiger partial charge in [0.05, 0.1) is 0 Å². The Balaban J connectivity index is 2.20. The molecule has 5 nitrogen and oxygen atoms in total. The summed E-state index contributed by atoms with van der Waals surface area (Å²) in [6, 6.07) is 6.37. The molecule has 3 N–H and O–H groups in total.